The molecular formula is C16H22N2O2. The fourth-order valence-electron chi connectivity index (χ4n) is 2.25. The van der Waals surface area contributed by atoms with Crippen molar-refractivity contribution in [3.8, 4) is 11.8 Å². The number of hydrogen-bond donors (Lipinski definition) is 1. The molecule has 0 aliphatic heterocycles. The molecule has 1 rings (SSSR count). The number of ether oxygens (including phenoxy) is 1. The number of benzene rings is 1. The first-order chi connectivity index (χ1) is 9.67. The van der Waals surface area contributed by atoms with Crippen LogP contribution in [0.5, 0.6) is 5.75 Å². The molecule has 0 spiro atoms. The van der Waals surface area contributed by atoms with Crippen molar-refractivity contribution in [3.63, 3.8) is 0 Å². The number of para-hydroxylation sites is 1. The minimum atomic E-state index is -0.0327. The second kappa shape index (κ2) is 8.21. The van der Waals surface area contributed by atoms with Gasteiger partial charge in [0.25, 0.3) is 0 Å². The number of nitriles is 1. The molecule has 0 heterocycles. The number of amides is 1. The van der Waals surface area contributed by atoms with Gasteiger partial charge in [-0.2, -0.15) is 5.26 Å². The molecule has 0 saturated carbocycles. The third-order valence-electron chi connectivity index (χ3n) is 3.26. The molecule has 1 amide bonds. The molecule has 1 aromatic carbocycles. The number of carbonyl (C=O) groups excluding carboxylic acids is 1. The van der Waals surface area contributed by atoms with Gasteiger partial charge in [0.15, 0.2) is 0 Å². The molecule has 0 fully saturated rings. The maximum Gasteiger partial charge on any atom is 0.227 e. The Morgan fingerprint density at radius 3 is 2.50 bits per heavy atom. The fourth-order valence-corrected chi connectivity index (χ4v) is 2.25. The number of nitrogens with one attached hydrogen (secondary N) is 1. The zero-order valence-corrected chi connectivity index (χ0v) is 12.4. The summed E-state index contributed by atoms with van der Waals surface area (Å²) in [5, 5.41) is 12.0. The normalized spacial score (nSPS) is 10.2. The van der Waals surface area contributed by atoms with Crippen LogP contribution in [0.2, 0.25) is 0 Å². The van der Waals surface area contributed by atoms with Crippen molar-refractivity contribution >= 4 is 11.6 Å². The van der Waals surface area contributed by atoms with E-state index in [1.165, 1.54) is 7.11 Å². The number of carbonyl (C=O) groups is 1. The number of rotatable bonds is 7. The van der Waals surface area contributed by atoms with Crippen molar-refractivity contribution in [2.24, 2.45) is 5.92 Å². The van der Waals surface area contributed by atoms with Crippen LogP contribution < -0.4 is 10.1 Å². The van der Waals surface area contributed by atoms with E-state index >= 15 is 0 Å². The minimum absolute atomic E-state index is 0.0125. The molecule has 1 N–H and O–H groups in total. The second-order valence-electron chi connectivity index (χ2n) is 4.76. The predicted molar refractivity (Wildman–Crippen MR) is 79.6 cm³/mol. The molecule has 0 aromatic heterocycles. The van der Waals surface area contributed by atoms with E-state index < -0.39 is 0 Å². The van der Waals surface area contributed by atoms with Crippen LogP contribution in [0.4, 0.5) is 5.69 Å². The van der Waals surface area contributed by atoms with Crippen molar-refractivity contribution in [1.29, 1.82) is 5.26 Å². The minimum Gasteiger partial charge on any atom is -0.495 e. The van der Waals surface area contributed by atoms with Gasteiger partial charge in [0, 0.05) is 5.92 Å². The molecule has 0 atom stereocenters. The first kappa shape index (κ1) is 16.0. The highest BCUT2D eigenvalue weighted by atomic mass is 16.5. The molecule has 108 valence electrons. The van der Waals surface area contributed by atoms with Gasteiger partial charge in [0.2, 0.25) is 5.91 Å². The Labute approximate surface area is 120 Å². The summed E-state index contributed by atoms with van der Waals surface area (Å²) >= 11 is 0. The van der Waals surface area contributed by atoms with Gasteiger partial charge < -0.3 is 10.1 Å². The van der Waals surface area contributed by atoms with Crippen LogP contribution in [0.1, 0.15) is 45.1 Å². The van der Waals surface area contributed by atoms with E-state index in [0.29, 0.717) is 17.0 Å². The van der Waals surface area contributed by atoms with E-state index in [9.17, 15) is 4.79 Å². The predicted octanol–water partition coefficient (Wildman–Crippen LogP) is 3.72. The third kappa shape index (κ3) is 3.99. The van der Waals surface area contributed by atoms with Gasteiger partial charge in [0.1, 0.15) is 17.5 Å². The van der Waals surface area contributed by atoms with E-state index in [4.69, 9.17) is 10.00 Å². The summed E-state index contributed by atoms with van der Waals surface area (Å²) in [4.78, 5) is 12.4. The van der Waals surface area contributed by atoms with Crippen LogP contribution >= 0.6 is 0 Å². The maximum atomic E-state index is 12.4. The van der Waals surface area contributed by atoms with Gasteiger partial charge in [-0.1, -0.05) is 32.8 Å². The molecule has 4 nitrogen and oxygen atoms in total. The van der Waals surface area contributed by atoms with Gasteiger partial charge in [-0.05, 0) is 25.0 Å². The molecule has 0 bridgehead atoms. The molecule has 0 radical (unpaired) electrons. The van der Waals surface area contributed by atoms with Crippen molar-refractivity contribution < 1.29 is 9.53 Å². The summed E-state index contributed by atoms with van der Waals surface area (Å²) in [5.41, 5.74) is 0.893. The van der Waals surface area contributed by atoms with Gasteiger partial charge in [-0.25, -0.2) is 0 Å². The number of anilines is 1. The lowest BCUT2D eigenvalue weighted by molar-refractivity contribution is -0.120. The van der Waals surface area contributed by atoms with Gasteiger partial charge in [-0.3, -0.25) is 4.79 Å². The first-order valence-corrected chi connectivity index (χ1v) is 7.05. The quantitative estimate of drug-likeness (QED) is 0.824. The first-order valence-electron chi connectivity index (χ1n) is 7.05. The summed E-state index contributed by atoms with van der Waals surface area (Å²) in [6, 6.07) is 7.24. The van der Waals surface area contributed by atoms with E-state index in [1.54, 1.807) is 18.2 Å². The van der Waals surface area contributed by atoms with E-state index in [1.807, 2.05) is 0 Å². The maximum absolute atomic E-state index is 12.4. The lowest BCUT2D eigenvalue weighted by Gasteiger charge is -2.17. The molecular weight excluding hydrogens is 252 g/mol. The summed E-state index contributed by atoms with van der Waals surface area (Å²) in [6.07, 6.45) is 3.65. The monoisotopic (exact) mass is 274 g/mol. The topological polar surface area (TPSA) is 62.1 Å². The van der Waals surface area contributed by atoms with Crippen molar-refractivity contribution in [3.05, 3.63) is 23.8 Å². The van der Waals surface area contributed by atoms with Crippen molar-refractivity contribution in [2.75, 3.05) is 12.4 Å². The smallest absolute Gasteiger partial charge is 0.227 e. The lowest BCUT2D eigenvalue weighted by Crippen LogP contribution is -2.23. The summed E-state index contributed by atoms with van der Waals surface area (Å²) < 4.78 is 5.22. The van der Waals surface area contributed by atoms with Crippen LogP contribution in [0.3, 0.4) is 0 Å². The Bertz CT molecular complexity index is 486. The molecule has 20 heavy (non-hydrogen) atoms. The Hall–Kier alpha value is -2.02. The summed E-state index contributed by atoms with van der Waals surface area (Å²) in [7, 11) is 1.53. The standard InChI is InChI=1S/C16H22N2O2/c1-4-7-12(8-5-2)16(19)18-15-13(11-17)9-6-10-14(15)20-3/h6,9-10,12H,4-5,7-8H2,1-3H3,(H,18,19). The van der Waals surface area contributed by atoms with Crippen LogP contribution in [-0.2, 0) is 4.79 Å². The number of methoxy groups -OCH3 is 1. The Kier molecular flexibility index (Phi) is 6.58. The molecule has 0 aliphatic carbocycles. The van der Waals surface area contributed by atoms with Crippen molar-refractivity contribution in [1.82, 2.24) is 0 Å². The highest BCUT2D eigenvalue weighted by molar-refractivity contribution is 5.95. The Balaban J connectivity index is 2.96. The van der Waals surface area contributed by atoms with Gasteiger partial charge in [-0.15, -0.1) is 0 Å². The average molecular weight is 274 g/mol. The number of hydrogen-bond acceptors (Lipinski definition) is 3. The Morgan fingerprint density at radius 1 is 1.35 bits per heavy atom. The zero-order valence-electron chi connectivity index (χ0n) is 12.4. The van der Waals surface area contributed by atoms with E-state index in [0.717, 1.165) is 25.7 Å². The van der Waals surface area contributed by atoms with E-state index in [2.05, 4.69) is 25.2 Å². The highest BCUT2D eigenvalue weighted by Crippen LogP contribution is 2.29. The molecule has 0 aliphatic rings. The van der Waals surface area contributed by atoms with Gasteiger partial charge in [0.05, 0.1) is 12.7 Å². The van der Waals surface area contributed by atoms with Crippen LogP contribution in [0.25, 0.3) is 0 Å². The zero-order chi connectivity index (χ0) is 15.0. The third-order valence-corrected chi connectivity index (χ3v) is 3.26. The fraction of sp³-hybridized carbons (Fsp3) is 0.500. The highest BCUT2D eigenvalue weighted by Gasteiger charge is 2.19. The molecule has 0 saturated heterocycles. The van der Waals surface area contributed by atoms with Gasteiger partial charge >= 0.3 is 0 Å². The number of nitrogens with zero attached hydrogens (tertiary/aromatic N) is 1. The summed E-state index contributed by atoms with van der Waals surface area (Å²) in [5.74, 6) is 0.473. The van der Waals surface area contributed by atoms with Crippen LogP contribution in [0, 0.1) is 17.2 Å². The van der Waals surface area contributed by atoms with Crippen LogP contribution in [-0.4, -0.2) is 13.0 Å². The second-order valence-corrected chi connectivity index (χ2v) is 4.76. The Morgan fingerprint density at radius 2 is 2.00 bits per heavy atom. The van der Waals surface area contributed by atoms with E-state index in [-0.39, 0.29) is 11.8 Å². The average Bonchev–Trinajstić information content (AvgIpc) is 2.47. The van der Waals surface area contributed by atoms with Crippen LogP contribution in [0.15, 0.2) is 18.2 Å². The lowest BCUT2D eigenvalue weighted by atomic mass is 9.97. The summed E-state index contributed by atoms with van der Waals surface area (Å²) in [6.45, 7) is 4.14. The largest absolute Gasteiger partial charge is 0.495 e. The van der Waals surface area contributed by atoms with Crippen molar-refractivity contribution in [2.45, 2.75) is 39.5 Å². The molecule has 4 heteroatoms. The molecule has 0 unspecified atom stereocenters. The molecule has 1 aromatic rings. The SMILES string of the molecule is CCCC(CCC)C(=O)Nc1c(C#N)cccc1OC.